The Bertz CT molecular complexity index is 191. The van der Waals surface area contributed by atoms with E-state index in [-0.39, 0.29) is 6.10 Å². The Kier molecular flexibility index (Phi) is 3.13. The molecule has 2 saturated carbocycles. The third-order valence-corrected chi connectivity index (χ3v) is 4.16. The number of hydrogen-bond acceptors (Lipinski definition) is 2. The van der Waals surface area contributed by atoms with Crippen LogP contribution in [0.15, 0.2) is 0 Å². The van der Waals surface area contributed by atoms with Crippen LogP contribution in [-0.2, 0) is 0 Å². The zero-order valence-electron chi connectivity index (χ0n) is 9.45. The fourth-order valence-corrected chi connectivity index (χ4v) is 2.78. The maximum Gasteiger partial charge on any atom is 0.0695 e. The van der Waals surface area contributed by atoms with Gasteiger partial charge in [0.05, 0.1) is 6.10 Å². The first-order valence-electron chi connectivity index (χ1n) is 6.10. The molecule has 3 atom stereocenters. The van der Waals surface area contributed by atoms with Crippen molar-refractivity contribution in [1.82, 2.24) is 4.90 Å². The topological polar surface area (TPSA) is 23.5 Å². The number of likely N-dealkylation sites (N-methyl/N-ethyl adjacent to an activating group) is 1. The Morgan fingerprint density at radius 1 is 1.14 bits per heavy atom. The highest BCUT2D eigenvalue weighted by Crippen LogP contribution is 2.36. The van der Waals surface area contributed by atoms with Crippen LogP contribution < -0.4 is 0 Å². The predicted molar refractivity (Wildman–Crippen MR) is 58.2 cm³/mol. The molecular weight excluding hydrogens is 174 g/mol. The maximum atomic E-state index is 9.95. The van der Waals surface area contributed by atoms with E-state index in [9.17, 15) is 5.11 Å². The highest BCUT2D eigenvalue weighted by Gasteiger charge is 2.36. The Morgan fingerprint density at radius 3 is 2.36 bits per heavy atom. The number of aliphatic hydroxyl groups excluding tert-OH is 1. The van der Waals surface area contributed by atoms with E-state index < -0.39 is 0 Å². The van der Waals surface area contributed by atoms with Crippen LogP contribution >= 0.6 is 0 Å². The van der Waals surface area contributed by atoms with Crippen LogP contribution in [0, 0.1) is 5.92 Å². The van der Waals surface area contributed by atoms with E-state index in [1.807, 2.05) is 0 Å². The molecular formula is C12H23NO. The third kappa shape index (κ3) is 2.12. The van der Waals surface area contributed by atoms with E-state index in [2.05, 4.69) is 18.9 Å². The Morgan fingerprint density at radius 2 is 1.79 bits per heavy atom. The summed E-state index contributed by atoms with van der Waals surface area (Å²) in [6.07, 6.45) is 7.42. The van der Waals surface area contributed by atoms with Gasteiger partial charge in [-0.3, -0.25) is 4.90 Å². The van der Waals surface area contributed by atoms with E-state index in [1.54, 1.807) is 0 Å². The maximum absolute atomic E-state index is 9.95. The third-order valence-electron chi connectivity index (χ3n) is 4.16. The Labute approximate surface area is 87.3 Å². The average Bonchev–Trinajstić information content (AvgIpc) is 3.00. The monoisotopic (exact) mass is 197 g/mol. The zero-order chi connectivity index (χ0) is 10.1. The van der Waals surface area contributed by atoms with Gasteiger partial charge in [0.15, 0.2) is 0 Å². The largest absolute Gasteiger partial charge is 0.391 e. The smallest absolute Gasteiger partial charge is 0.0695 e. The summed E-state index contributed by atoms with van der Waals surface area (Å²) in [5.74, 6) is 0.911. The molecule has 2 aliphatic rings. The SMILES string of the molecule is CC(C1CC1)N(C)[C@@H]1CCCC[C@H]1O. The van der Waals surface area contributed by atoms with Crippen LogP contribution in [0.25, 0.3) is 0 Å². The second-order valence-electron chi connectivity index (χ2n) is 5.16. The van der Waals surface area contributed by atoms with E-state index in [0.717, 1.165) is 12.3 Å². The number of rotatable bonds is 3. The van der Waals surface area contributed by atoms with Crippen molar-refractivity contribution in [2.75, 3.05) is 7.05 Å². The fraction of sp³-hybridized carbons (Fsp3) is 1.00. The molecule has 0 aromatic heterocycles. The van der Waals surface area contributed by atoms with Crippen LogP contribution in [0.4, 0.5) is 0 Å². The zero-order valence-corrected chi connectivity index (χ0v) is 9.45. The molecule has 2 nitrogen and oxygen atoms in total. The predicted octanol–water partition coefficient (Wildman–Crippen LogP) is 2.02. The molecule has 14 heavy (non-hydrogen) atoms. The second kappa shape index (κ2) is 4.19. The molecule has 0 aromatic carbocycles. The summed E-state index contributed by atoms with van der Waals surface area (Å²) in [6.45, 7) is 2.32. The normalized spacial score (nSPS) is 36.0. The highest BCUT2D eigenvalue weighted by atomic mass is 16.3. The minimum absolute atomic E-state index is 0.0741. The fourth-order valence-electron chi connectivity index (χ4n) is 2.78. The van der Waals surface area contributed by atoms with Gasteiger partial charge < -0.3 is 5.11 Å². The lowest BCUT2D eigenvalue weighted by Crippen LogP contribution is -2.47. The van der Waals surface area contributed by atoms with E-state index in [0.29, 0.717) is 12.1 Å². The molecule has 1 N–H and O–H groups in total. The average molecular weight is 197 g/mol. The summed E-state index contributed by atoms with van der Waals surface area (Å²) in [5, 5.41) is 9.95. The molecule has 2 fully saturated rings. The van der Waals surface area contributed by atoms with Crippen molar-refractivity contribution < 1.29 is 5.11 Å². The molecule has 2 heteroatoms. The molecule has 2 rings (SSSR count). The minimum atomic E-state index is -0.0741. The molecule has 0 saturated heterocycles. The van der Waals surface area contributed by atoms with Gasteiger partial charge in [-0.2, -0.15) is 0 Å². The molecule has 2 aliphatic carbocycles. The highest BCUT2D eigenvalue weighted by molar-refractivity contribution is 4.90. The van der Waals surface area contributed by atoms with Gasteiger partial charge in [-0.1, -0.05) is 12.8 Å². The van der Waals surface area contributed by atoms with Crippen molar-refractivity contribution >= 4 is 0 Å². The van der Waals surface area contributed by atoms with Gasteiger partial charge >= 0.3 is 0 Å². The van der Waals surface area contributed by atoms with Crippen LogP contribution in [-0.4, -0.2) is 35.2 Å². The molecule has 0 radical (unpaired) electrons. The van der Waals surface area contributed by atoms with Crippen molar-refractivity contribution in [3.8, 4) is 0 Å². The molecule has 0 heterocycles. The van der Waals surface area contributed by atoms with Crippen LogP contribution in [0.5, 0.6) is 0 Å². The van der Waals surface area contributed by atoms with Crippen LogP contribution in [0.2, 0.25) is 0 Å². The molecule has 0 spiro atoms. The van der Waals surface area contributed by atoms with Gasteiger partial charge in [0.1, 0.15) is 0 Å². The number of aliphatic hydroxyl groups is 1. The Hall–Kier alpha value is -0.0800. The summed E-state index contributed by atoms with van der Waals surface area (Å²) in [7, 11) is 2.20. The van der Waals surface area contributed by atoms with Gasteiger partial charge in [-0.25, -0.2) is 0 Å². The Balaban J connectivity index is 1.90. The molecule has 0 bridgehead atoms. The number of hydrogen-bond donors (Lipinski definition) is 1. The summed E-state index contributed by atoms with van der Waals surface area (Å²) in [5.41, 5.74) is 0. The lowest BCUT2D eigenvalue weighted by Gasteiger charge is -2.38. The van der Waals surface area contributed by atoms with Gasteiger partial charge in [0.25, 0.3) is 0 Å². The van der Waals surface area contributed by atoms with Gasteiger partial charge in [0, 0.05) is 12.1 Å². The first kappa shape index (κ1) is 10.4. The standard InChI is InChI=1S/C12H23NO/c1-9(10-7-8-10)13(2)11-5-3-4-6-12(11)14/h9-12,14H,3-8H2,1-2H3/t9?,11-,12-/m1/s1. The van der Waals surface area contributed by atoms with Gasteiger partial charge in [-0.15, -0.1) is 0 Å². The van der Waals surface area contributed by atoms with Crippen molar-refractivity contribution in [1.29, 1.82) is 0 Å². The molecule has 82 valence electrons. The van der Waals surface area contributed by atoms with E-state index in [1.165, 1.54) is 32.1 Å². The van der Waals surface area contributed by atoms with Crippen molar-refractivity contribution in [3.05, 3.63) is 0 Å². The number of nitrogens with zero attached hydrogens (tertiary/aromatic N) is 1. The molecule has 1 unspecified atom stereocenters. The summed E-state index contributed by atoms with van der Waals surface area (Å²) in [4.78, 5) is 2.43. The summed E-state index contributed by atoms with van der Waals surface area (Å²) >= 11 is 0. The minimum Gasteiger partial charge on any atom is -0.391 e. The lowest BCUT2D eigenvalue weighted by molar-refractivity contribution is 0.0119. The van der Waals surface area contributed by atoms with Gasteiger partial charge in [0.2, 0.25) is 0 Å². The van der Waals surface area contributed by atoms with Crippen LogP contribution in [0.1, 0.15) is 45.4 Å². The molecule has 0 amide bonds. The summed E-state index contributed by atoms with van der Waals surface area (Å²) in [6, 6.07) is 1.10. The van der Waals surface area contributed by atoms with E-state index in [4.69, 9.17) is 0 Å². The van der Waals surface area contributed by atoms with Crippen molar-refractivity contribution in [3.63, 3.8) is 0 Å². The molecule has 0 aromatic rings. The van der Waals surface area contributed by atoms with E-state index >= 15 is 0 Å². The quantitative estimate of drug-likeness (QED) is 0.748. The summed E-state index contributed by atoms with van der Waals surface area (Å²) < 4.78 is 0. The van der Waals surface area contributed by atoms with Crippen molar-refractivity contribution in [2.24, 2.45) is 5.92 Å². The first-order valence-corrected chi connectivity index (χ1v) is 6.10. The van der Waals surface area contributed by atoms with Gasteiger partial charge in [-0.05, 0) is 45.6 Å². The lowest BCUT2D eigenvalue weighted by atomic mass is 9.90. The van der Waals surface area contributed by atoms with Crippen LogP contribution in [0.3, 0.4) is 0 Å². The van der Waals surface area contributed by atoms with Crippen molar-refractivity contribution in [2.45, 2.75) is 63.6 Å². The second-order valence-corrected chi connectivity index (χ2v) is 5.16. The molecule has 0 aliphatic heterocycles. The first-order chi connectivity index (χ1) is 6.70.